The lowest BCUT2D eigenvalue weighted by Gasteiger charge is -2.16. The first-order valence-corrected chi connectivity index (χ1v) is 39.5. The van der Waals surface area contributed by atoms with E-state index >= 15 is 0 Å². The highest BCUT2D eigenvalue weighted by Gasteiger charge is 2.14. The minimum atomic E-state index is 1.03. The zero-order valence-corrected chi connectivity index (χ0v) is 73.5. The highest BCUT2D eigenvalue weighted by molar-refractivity contribution is 6.06. The summed E-state index contributed by atoms with van der Waals surface area (Å²) in [4.78, 5) is 0. The van der Waals surface area contributed by atoms with Gasteiger partial charge in [0.2, 0.25) is 0 Å². The van der Waals surface area contributed by atoms with Crippen molar-refractivity contribution in [2.24, 2.45) is 25.5 Å². The molecule has 0 aliphatic heterocycles. The van der Waals surface area contributed by atoms with Crippen LogP contribution in [0.3, 0.4) is 0 Å². The molecule has 0 N–H and O–H groups in total. The smallest absolute Gasteiger partial charge is 0.0649 e. The SMILES string of the molecule is CC.CC.CC.CC.CC.CC.CC.CCc1cc(/C(C)=N/N(C)C)c(CC)c2ccccc12.CCc1cc(CC)cc(/C(C)=N/N(C)C)c1.CCc1ccc(/C(C)=N/N(C)C)c(CC)c1.CCc1ccc(/C(C)=N/N(C)C)c(CC)c1.CCc1ccc(CC)c2cc(/C(C)=N/N(C)C)ccc12. The molecule has 0 saturated heterocycles. The van der Waals surface area contributed by atoms with Crippen LogP contribution in [0, 0.1) is 0 Å². The Hall–Kier alpha value is -7.59. The molecule has 0 aliphatic carbocycles. The molecule has 0 aliphatic rings. The predicted molar refractivity (Wildman–Crippen MR) is 470 cm³/mol. The second-order valence-electron chi connectivity index (χ2n) is 23.5. The van der Waals surface area contributed by atoms with Gasteiger partial charge in [0.05, 0.1) is 28.6 Å². The standard InChI is InChI=1S/2C18H24N2.3C14H22N2.7C2H6/c1-6-14-8-9-15(7-2)18-12-16(10-11-17(14)18)13(3)19-20(4)5;1-6-14-12-18(13(3)19-20(4)5)15(7-2)17-11-9-8-10-16(14)17;1-6-12-8-13(7-2)10-14(9-12)11(3)15-16(4)5;2*1-6-12-8-9-14(13(7-2)10-12)11(3)15-16(4)5;7*1-2/h2*8-12H,6-7H2,1-5H3;3*8-10H,6-7H2,1-5H3;7*1-2H3/b2*19-13+;3*15-11+;;;;;;;. The fourth-order valence-corrected chi connectivity index (χ4v) is 11.0. The predicted octanol–water partition coefficient (Wildman–Crippen LogP) is 25.0. The van der Waals surface area contributed by atoms with E-state index in [0.29, 0.717) is 0 Å². The fraction of sp³-hybridized carbons (Fsp3) is 0.533. The van der Waals surface area contributed by atoms with Crippen LogP contribution in [0.25, 0.3) is 21.5 Å². The van der Waals surface area contributed by atoms with E-state index in [9.17, 15) is 0 Å². The first-order valence-electron chi connectivity index (χ1n) is 39.5. The lowest BCUT2D eigenvalue weighted by atomic mass is 9.90. The molecule has 102 heavy (non-hydrogen) atoms. The number of nitrogens with zero attached hydrogens (tertiary/aromatic N) is 10. The second-order valence-corrected chi connectivity index (χ2v) is 23.5. The summed E-state index contributed by atoms with van der Waals surface area (Å²) in [6, 6.07) is 42.4. The van der Waals surface area contributed by atoms with Gasteiger partial charge in [-0.25, -0.2) is 0 Å². The Morgan fingerprint density at radius 3 is 0.882 bits per heavy atom. The summed E-state index contributed by atoms with van der Waals surface area (Å²) in [6.45, 7) is 60.4. The summed E-state index contributed by atoms with van der Waals surface area (Å²) < 4.78 is 0. The molecular weight excluding hydrogens is 1250 g/mol. The van der Waals surface area contributed by atoms with Crippen LogP contribution in [0.2, 0.25) is 0 Å². The van der Waals surface area contributed by atoms with Crippen LogP contribution in [-0.4, -0.2) is 124 Å². The van der Waals surface area contributed by atoms with Gasteiger partial charge < -0.3 is 25.0 Å². The molecule has 0 spiro atoms. The summed E-state index contributed by atoms with van der Waals surface area (Å²) in [5.74, 6) is 0. The normalized spacial score (nSPS) is 10.6. The minimum Gasteiger partial charge on any atom is -0.303 e. The van der Waals surface area contributed by atoms with Crippen LogP contribution in [0.5, 0.6) is 0 Å². The van der Waals surface area contributed by atoms with Gasteiger partial charge in [-0.1, -0.05) is 257 Å². The molecule has 10 nitrogen and oxygen atoms in total. The van der Waals surface area contributed by atoms with Crippen LogP contribution in [0.15, 0.2) is 141 Å². The van der Waals surface area contributed by atoms with Crippen LogP contribution < -0.4 is 0 Å². The van der Waals surface area contributed by atoms with Crippen LogP contribution in [-0.2, 0) is 64.2 Å². The third kappa shape index (κ3) is 37.5. The third-order valence-corrected chi connectivity index (χ3v) is 15.5. The Balaban J connectivity index is -0.000000369. The molecule has 574 valence electrons. The number of hydrogen-bond acceptors (Lipinski definition) is 10. The Bertz CT molecular complexity index is 3360. The summed E-state index contributed by atoms with van der Waals surface area (Å²) in [5.41, 5.74) is 25.7. The van der Waals surface area contributed by atoms with Crippen molar-refractivity contribution in [2.45, 2.75) is 265 Å². The van der Waals surface area contributed by atoms with Gasteiger partial charge in [0, 0.05) is 87.2 Å². The van der Waals surface area contributed by atoms with E-state index in [-0.39, 0.29) is 0 Å². The van der Waals surface area contributed by atoms with Gasteiger partial charge in [-0.3, -0.25) is 0 Å². The molecular formula is C92H156N10. The van der Waals surface area contributed by atoms with E-state index in [1.165, 1.54) is 105 Å². The highest BCUT2D eigenvalue weighted by Crippen LogP contribution is 2.29. The van der Waals surface area contributed by atoms with Crippen molar-refractivity contribution in [1.82, 2.24) is 25.0 Å². The molecule has 7 rings (SSSR count). The maximum absolute atomic E-state index is 4.59. The molecule has 7 aromatic rings. The third-order valence-electron chi connectivity index (χ3n) is 15.5. The Labute approximate surface area is 631 Å². The van der Waals surface area contributed by atoms with E-state index in [1.54, 1.807) is 0 Å². The van der Waals surface area contributed by atoms with Crippen molar-refractivity contribution in [1.29, 1.82) is 0 Å². The monoisotopic (exact) mass is 1400 g/mol. The highest BCUT2D eigenvalue weighted by atomic mass is 15.4. The molecule has 0 fully saturated rings. The quantitative estimate of drug-likeness (QED) is 0.0561. The summed E-state index contributed by atoms with van der Waals surface area (Å²) in [6.07, 6.45) is 10.7. The first kappa shape index (κ1) is 103. The van der Waals surface area contributed by atoms with E-state index in [0.717, 1.165) is 92.8 Å². The number of fused-ring (bicyclic) bond motifs is 2. The molecule has 0 bridgehead atoms. The molecule has 0 saturated carbocycles. The number of benzene rings is 7. The number of hydrogen-bond donors (Lipinski definition) is 0. The molecule has 0 atom stereocenters. The average molecular weight is 1400 g/mol. The van der Waals surface area contributed by atoms with Gasteiger partial charge in [0.15, 0.2) is 0 Å². The summed E-state index contributed by atoms with van der Waals surface area (Å²) in [7, 11) is 19.6. The maximum atomic E-state index is 4.59. The number of rotatable bonds is 20. The first-order chi connectivity index (χ1) is 48.9. The topological polar surface area (TPSA) is 78.0 Å². The van der Waals surface area contributed by atoms with Gasteiger partial charge in [-0.15, -0.1) is 0 Å². The molecule has 0 heterocycles. The lowest BCUT2D eigenvalue weighted by molar-refractivity contribution is 0.437. The van der Waals surface area contributed by atoms with Crippen molar-refractivity contribution in [3.63, 3.8) is 0 Å². The van der Waals surface area contributed by atoms with Gasteiger partial charge >= 0.3 is 0 Å². The van der Waals surface area contributed by atoms with Crippen molar-refractivity contribution >= 4 is 50.1 Å². The molecule has 7 aromatic carbocycles. The summed E-state index contributed by atoms with van der Waals surface area (Å²) in [5, 5.41) is 37.2. The molecule has 10 heteroatoms. The maximum Gasteiger partial charge on any atom is 0.0649 e. The van der Waals surface area contributed by atoms with Crippen LogP contribution >= 0.6 is 0 Å². The van der Waals surface area contributed by atoms with Crippen molar-refractivity contribution < 1.29 is 0 Å². The van der Waals surface area contributed by atoms with E-state index in [1.807, 2.05) is 192 Å². The van der Waals surface area contributed by atoms with Crippen molar-refractivity contribution in [3.05, 3.63) is 199 Å². The zero-order valence-electron chi connectivity index (χ0n) is 73.5. The van der Waals surface area contributed by atoms with Crippen molar-refractivity contribution in [3.8, 4) is 0 Å². The Kier molecular flexibility index (Phi) is 62.7. The lowest BCUT2D eigenvalue weighted by Crippen LogP contribution is -2.10. The van der Waals surface area contributed by atoms with E-state index in [2.05, 4.69) is 245 Å². The van der Waals surface area contributed by atoms with E-state index in [4.69, 9.17) is 0 Å². The zero-order chi connectivity index (χ0) is 79.8. The van der Waals surface area contributed by atoms with Crippen LogP contribution in [0.1, 0.15) is 284 Å². The average Bonchev–Trinajstić information content (AvgIpc) is 0.786. The second kappa shape index (κ2) is 62.0. The molecule has 0 radical (unpaired) electrons. The van der Waals surface area contributed by atoms with Crippen LogP contribution in [0.4, 0.5) is 0 Å². The molecule has 0 unspecified atom stereocenters. The number of aryl methyl sites for hydroxylation is 10. The van der Waals surface area contributed by atoms with Gasteiger partial charge in [-0.05, 0) is 211 Å². The van der Waals surface area contributed by atoms with E-state index < -0.39 is 0 Å². The van der Waals surface area contributed by atoms with Gasteiger partial charge in [0.1, 0.15) is 0 Å². The Morgan fingerprint density at radius 1 is 0.235 bits per heavy atom. The molecule has 0 aromatic heterocycles. The summed E-state index contributed by atoms with van der Waals surface area (Å²) >= 11 is 0. The molecule has 0 amide bonds. The van der Waals surface area contributed by atoms with Gasteiger partial charge in [-0.2, -0.15) is 25.5 Å². The Morgan fingerprint density at radius 2 is 0.549 bits per heavy atom. The number of hydrazone groups is 5. The largest absolute Gasteiger partial charge is 0.303 e. The van der Waals surface area contributed by atoms with Crippen molar-refractivity contribution in [2.75, 3.05) is 70.5 Å². The minimum absolute atomic E-state index is 1.03. The van der Waals surface area contributed by atoms with Gasteiger partial charge in [0.25, 0.3) is 0 Å². The fourth-order valence-electron chi connectivity index (χ4n) is 11.0.